The number of anilines is 1. The third-order valence-electron chi connectivity index (χ3n) is 7.17. The van der Waals surface area contributed by atoms with E-state index >= 15 is 0 Å². The molecule has 1 aromatic carbocycles. The molecule has 7 heteroatoms. The maximum absolute atomic E-state index is 13.3. The van der Waals surface area contributed by atoms with Crippen LogP contribution in [0, 0.1) is 5.92 Å². The average Bonchev–Trinajstić information content (AvgIpc) is 3.42. The first-order valence-electron chi connectivity index (χ1n) is 11.8. The highest BCUT2D eigenvalue weighted by Gasteiger charge is 2.41. The van der Waals surface area contributed by atoms with Crippen molar-refractivity contribution in [1.82, 2.24) is 9.80 Å². The molecule has 7 nitrogen and oxygen atoms in total. The molecule has 2 atom stereocenters. The van der Waals surface area contributed by atoms with Crippen LogP contribution in [0.25, 0.3) is 0 Å². The number of carbonyl (C=O) groups is 3. The number of piperidine rings is 2. The molecular formula is C24H31N3O4. The van der Waals surface area contributed by atoms with Gasteiger partial charge in [-0.3, -0.25) is 19.3 Å². The Morgan fingerprint density at radius 1 is 0.968 bits per heavy atom. The van der Waals surface area contributed by atoms with Crippen molar-refractivity contribution in [2.24, 2.45) is 5.92 Å². The van der Waals surface area contributed by atoms with Gasteiger partial charge in [0.05, 0.1) is 35.4 Å². The molecule has 166 valence electrons. The standard InChI is InChI=1S/C24H31N3O4/c28-22(25-11-2-1-3-12-25)17-7-5-13-26(15-17)20-10-4-9-19-21(20)24(30)27(23(19)29)16-18-8-6-14-31-18/h4,9-10,17-18H,1-3,5-8,11-16H2/t17-,18+/m0/s1. The minimum absolute atomic E-state index is 0.0436. The quantitative estimate of drug-likeness (QED) is 0.694. The van der Waals surface area contributed by atoms with Crippen molar-refractivity contribution in [3.8, 4) is 0 Å². The number of amides is 3. The summed E-state index contributed by atoms with van der Waals surface area (Å²) in [5, 5.41) is 0. The van der Waals surface area contributed by atoms with E-state index in [1.807, 2.05) is 17.0 Å². The van der Waals surface area contributed by atoms with Crippen molar-refractivity contribution in [1.29, 1.82) is 0 Å². The lowest BCUT2D eigenvalue weighted by molar-refractivity contribution is -0.136. The highest BCUT2D eigenvalue weighted by molar-refractivity contribution is 6.23. The molecule has 5 rings (SSSR count). The van der Waals surface area contributed by atoms with E-state index in [9.17, 15) is 14.4 Å². The first kappa shape index (κ1) is 20.5. The van der Waals surface area contributed by atoms with E-state index in [4.69, 9.17) is 4.74 Å². The van der Waals surface area contributed by atoms with E-state index in [0.717, 1.165) is 63.8 Å². The fourth-order valence-electron chi connectivity index (χ4n) is 5.51. The molecule has 4 aliphatic heterocycles. The highest BCUT2D eigenvalue weighted by Crippen LogP contribution is 2.35. The van der Waals surface area contributed by atoms with Gasteiger partial charge in [0.25, 0.3) is 11.8 Å². The second kappa shape index (κ2) is 8.61. The van der Waals surface area contributed by atoms with E-state index in [1.54, 1.807) is 6.07 Å². The average molecular weight is 426 g/mol. The second-order valence-corrected chi connectivity index (χ2v) is 9.23. The van der Waals surface area contributed by atoms with Crippen LogP contribution in [0.4, 0.5) is 5.69 Å². The Morgan fingerprint density at radius 3 is 2.58 bits per heavy atom. The molecule has 0 spiro atoms. The van der Waals surface area contributed by atoms with Gasteiger partial charge in [0.15, 0.2) is 0 Å². The van der Waals surface area contributed by atoms with Gasteiger partial charge in [-0.1, -0.05) is 6.07 Å². The van der Waals surface area contributed by atoms with Crippen LogP contribution >= 0.6 is 0 Å². The number of nitrogens with zero attached hydrogens (tertiary/aromatic N) is 3. The lowest BCUT2D eigenvalue weighted by atomic mass is 9.94. The predicted octanol–water partition coefficient (Wildman–Crippen LogP) is 2.69. The summed E-state index contributed by atoms with van der Waals surface area (Å²) in [6.45, 7) is 4.15. The molecule has 0 saturated carbocycles. The minimum atomic E-state index is -0.227. The number of fused-ring (bicyclic) bond motifs is 1. The molecular weight excluding hydrogens is 394 g/mol. The van der Waals surface area contributed by atoms with Gasteiger partial charge in [-0.05, 0) is 57.1 Å². The molecule has 1 aromatic rings. The zero-order valence-corrected chi connectivity index (χ0v) is 18.1. The van der Waals surface area contributed by atoms with Gasteiger partial charge in [0, 0.05) is 32.8 Å². The molecule has 3 amide bonds. The van der Waals surface area contributed by atoms with Crippen LogP contribution in [0.3, 0.4) is 0 Å². The van der Waals surface area contributed by atoms with Gasteiger partial charge in [-0.25, -0.2) is 0 Å². The molecule has 4 aliphatic rings. The molecule has 0 bridgehead atoms. The molecule has 0 N–H and O–H groups in total. The first-order valence-corrected chi connectivity index (χ1v) is 11.8. The number of carbonyl (C=O) groups excluding carboxylic acids is 3. The Morgan fingerprint density at radius 2 is 1.81 bits per heavy atom. The Kier molecular flexibility index (Phi) is 5.69. The summed E-state index contributed by atoms with van der Waals surface area (Å²) in [6, 6.07) is 5.52. The summed E-state index contributed by atoms with van der Waals surface area (Å²) in [6.07, 6.45) is 6.97. The lowest BCUT2D eigenvalue weighted by Crippen LogP contribution is -2.46. The van der Waals surface area contributed by atoms with Gasteiger partial charge in [-0.15, -0.1) is 0 Å². The largest absolute Gasteiger partial charge is 0.376 e. The molecule has 3 fully saturated rings. The number of benzene rings is 1. The van der Waals surface area contributed by atoms with Gasteiger partial charge in [0.2, 0.25) is 5.91 Å². The van der Waals surface area contributed by atoms with Crippen molar-refractivity contribution in [2.75, 3.05) is 44.2 Å². The zero-order valence-electron chi connectivity index (χ0n) is 18.1. The summed E-state index contributed by atoms with van der Waals surface area (Å²) in [5.41, 5.74) is 1.77. The van der Waals surface area contributed by atoms with Crippen molar-refractivity contribution in [3.05, 3.63) is 29.3 Å². The summed E-state index contributed by atoms with van der Waals surface area (Å²) in [5.74, 6) is -0.247. The zero-order chi connectivity index (χ0) is 21.4. The van der Waals surface area contributed by atoms with Crippen molar-refractivity contribution in [2.45, 2.75) is 51.0 Å². The minimum Gasteiger partial charge on any atom is -0.376 e. The van der Waals surface area contributed by atoms with E-state index in [2.05, 4.69) is 4.90 Å². The van der Waals surface area contributed by atoms with E-state index < -0.39 is 0 Å². The van der Waals surface area contributed by atoms with Crippen molar-refractivity contribution in [3.63, 3.8) is 0 Å². The molecule has 3 saturated heterocycles. The van der Waals surface area contributed by atoms with E-state index in [1.165, 1.54) is 11.3 Å². The maximum Gasteiger partial charge on any atom is 0.263 e. The Labute approximate surface area is 183 Å². The third-order valence-corrected chi connectivity index (χ3v) is 7.17. The summed E-state index contributed by atoms with van der Waals surface area (Å²) in [4.78, 5) is 44.8. The number of rotatable bonds is 4. The van der Waals surface area contributed by atoms with Crippen LogP contribution in [0.1, 0.15) is 65.7 Å². The van der Waals surface area contributed by atoms with Crippen LogP contribution in [0.5, 0.6) is 0 Å². The first-order chi connectivity index (χ1) is 15.1. The van der Waals surface area contributed by atoms with Crippen LogP contribution in [-0.4, -0.2) is 73.0 Å². The van der Waals surface area contributed by atoms with Crippen LogP contribution in [0.2, 0.25) is 0 Å². The van der Waals surface area contributed by atoms with Crippen LogP contribution in [-0.2, 0) is 9.53 Å². The predicted molar refractivity (Wildman–Crippen MR) is 116 cm³/mol. The van der Waals surface area contributed by atoms with Crippen molar-refractivity contribution < 1.29 is 19.1 Å². The Bertz CT molecular complexity index is 874. The van der Waals surface area contributed by atoms with Crippen molar-refractivity contribution >= 4 is 23.4 Å². The summed E-state index contributed by atoms with van der Waals surface area (Å²) >= 11 is 0. The van der Waals surface area contributed by atoms with Gasteiger partial charge in [-0.2, -0.15) is 0 Å². The SMILES string of the molecule is O=C([C@H]1CCCN(c2cccc3c2C(=O)N(C[C@H]2CCCO2)C3=O)C1)N1CCCCC1. The maximum atomic E-state index is 13.3. The van der Waals surface area contributed by atoms with E-state index in [0.29, 0.717) is 30.8 Å². The number of hydrogen-bond donors (Lipinski definition) is 0. The molecule has 31 heavy (non-hydrogen) atoms. The summed E-state index contributed by atoms with van der Waals surface area (Å²) < 4.78 is 5.66. The number of imide groups is 1. The number of hydrogen-bond acceptors (Lipinski definition) is 5. The topological polar surface area (TPSA) is 70.2 Å². The highest BCUT2D eigenvalue weighted by atomic mass is 16.5. The molecule has 4 heterocycles. The van der Waals surface area contributed by atoms with E-state index in [-0.39, 0.29) is 29.7 Å². The normalized spacial score (nSPS) is 26.5. The molecule has 0 unspecified atom stereocenters. The molecule has 0 aromatic heterocycles. The Balaban J connectivity index is 1.35. The monoisotopic (exact) mass is 425 g/mol. The second-order valence-electron chi connectivity index (χ2n) is 9.23. The van der Waals surface area contributed by atoms with Gasteiger partial charge in [0.1, 0.15) is 0 Å². The van der Waals surface area contributed by atoms with Crippen LogP contribution in [0.15, 0.2) is 18.2 Å². The summed E-state index contributed by atoms with van der Waals surface area (Å²) in [7, 11) is 0. The molecule has 0 aliphatic carbocycles. The fourth-order valence-corrected chi connectivity index (χ4v) is 5.51. The molecule has 0 radical (unpaired) electrons. The Hall–Kier alpha value is -2.41. The fraction of sp³-hybridized carbons (Fsp3) is 0.625. The lowest BCUT2D eigenvalue weighted by Gasteiger charge is -2.37. The van der Waals surface area contributed by atoms with Gasteiger partial charge >= 0.3 is 0 Å². The number of likely N-dealkylation sites (tertiary alicyclic amines) is 1. The third kappa shape index (κ3) is 3.84. The van der Waals surface area contributed by atoms with Crippen LogP contribution < -0.4 is 4.90 Å². The van der Waals surface area contributed by atoms with Gasteiger partial charge < -0.3 is 14.5 Å². The smallest absolute Gasteiger partial charge is 0.263 e. The number of ether oxygens (including phenoxy) is 1.